The Bertz CT molecular complexity index is 578. The molecule has 0 saturated heterocycles. The molecule has 2 aromatic rings. The van der Waals surface area contributed by atoms with Crippen LogP contribution in [0.5, 0.6) is 5.75 Å². The number of halogens is 2. The fraction of sp³-hybridized carbons (Fsp3) is 0.267. The summed E-state index contributed by atoms with van der Waals surface area (Å²) < 4.78 is 19.8. The van der Waals surface area contributed by atoms with E-state index in [0.29, 0.717) is 5.56 Å². The van der Waals surface area contributed by atoms with Crippen molar-refractivity contribution in [3.63, 3.8) is 0 Å². The minimum Gasteiger partial charge on any atom is -0.487 e. The largest absolute Gasteiger partial charge is 0.487 e. The average molecular weight is 339 g/mol. The number of aromatic nitrogens is 1. The first-order valence-corrected chi connectivity index (χ1v) is 7.20. The van der Waals surface area contributed by atoms with Gasteiger partial charge >= 0.3 is 0 Å². The molecule has 0 aliphatic rings. The van der Waals surface area contributed by atoms with Crippen molar-refractivity contribution in [2.24, 2.45) is 0 Å². The molecule has 1 aromatic heterocycles. The van der Waals surface area contributed by atoms with Gasteiger partial charge in [-0.1, -0.05) is 19.1 Å². The van der Waals surface area contributed by atoms with Crippen molar-refractivity contribution in [3.8, 4) is 5.75 Å². The highest BCUT2D eigenvalue weighted by Gasteiger charge is 2.08. The number of hydrogen-bond acceptors (Lipinski definition) is 3. The van der Waals surface area contributed by atoms with Gasteiger partial charge in [0.1, 0.15) is 18.2 Å². The van der Waals surface area contributed by atoms with Crippen LogP contribution in [0, 0.1) is 5.82 Å². The lowest BCUT2D eigenvalue weighted by Gasteiger charge is -2.13. The standard InChI is InChI=1S/C15H16BrFN2O/c1-2-18-8-12-4-3-5-14(16)15(12)20-10-11-6-13(17)9-19-7-11/h3-7,9,18H,2,8,10H2,1H3. The molecule has 106 valence electrons. The van der Waals surface area contributed by atoms with Crippen LogP contribution in [0.15, 0.2) is 41.1 Å². The summed E-state index contributed by atoms with van der Waals surface area (Å²) in [6, 6.07) is 7.32. The number of nitrogens with zero attached hydrogens (tertiary/aromatic N) is 1. The Hall–Kier alpha value is -1.46. The Morgan fingerprint density at radius 2 is 2.20 bits per heavy atom. The van der Waals surface area contributed by atoms with Crippen LogP contribution in [-0.2, 0) is 13.2 Å². The van der Waals surface area contributed by atoms with E-state index in [-0.39, 0.29) is 12.4 Å². The minimum atomic E-state index is -0.355. The molecular weight excluding hydrogens is 323 g/mol. The van der Waals surface area contributed by atoms with Crippen molar-refractivity contribution in [2.75, 3.05) is 6.54 Å². The molecule has 0 saturated carbocycles. The van der Waals surface area contributed by atoms with Gasteiger partial charge in [0, 0.05) is 23.9 Å². The number of benzene rings is 1. The van der Waals surface area contributed by atoms with Gasteiger partial charge in [0.05, 0.1) is 10.7 Å². The molecular formula is C15H16BrFN2O. The van der Waals surface area contributed by atoms with Crippen LogP contribution in [0.1, 0.15) is 18.1 Å². The van der Waals surface area contributed by atoms with E-state index in [1.54, 1.807) is 6.20 Å². The molecule has 1 aromatic carbocycles. The van der Waals surface area contributed by atoms with Crippen molar-refractivity contribution >= 4 is 15.9 Å². The Morgan fingerprint density at radius 3 is 2.95 bits per heavy atom. The first-order valence-electron chi connectivity index (χ1n) is 6.41. The van der Waals surface area contributed by atoms with E-state index >= 15 is 0 Å². The number of ether oxygens (including phenoxy) is 1. The summed E-state index contributed by atoms with van der Waals surface area (Å²) in [6.07, 6.45) is 2.78. The summed E-state index contributed by atoms with van der Waals surface area (Å²) >= 11 is 3.48. The van der Waals surface area contributed by atoms with Gasteiger partial charge in [-0.05, 0) is 34.6 Å². The molecule has 0 aliphatic heterocycles. The number of pyridine rings is 1. The first kappa shape index (κ1) is 14.9. The Kier molecular flexibility index (Phi) is 5.49. The zero-order valence-corrected chi connectivity index (χ0v) is 12.8. The molecule has 0 radical (unpaired) electrons. The van der Waals surface area contributed by atoms with Crippen LogP contribution in [0.3, 0.4) is 0 Å². The average Bonchev–Trinajstić information content (AvgIpc) is 2.44. The van der Waals surface area contributed by atoms with E-state index in [9.17, 15) is 4.39 Å². The van der Waals surface area contributed by atoms with E-state index in [1.807, 2.05) is 18.2 Å². The summed E-state index contributed by atoms with van der Waals surface area (Å²) in [5, 5.41) is 3.27. The molecule has 0 aliphatic carbocycles. The van der Waals surface area contributed by atoms with Gasteiger partial charge in [-0.2, -0.15) is 0 Å². The second kappa shape index (κ2) is 7.36. The zero-order valence-electron chi connectivity index (χ0n) is 11.2. The Balaban J connectivity index is 2.11. The van der Waals surface area contributed by atoms with E-state index in [0.717, 1.165) is 28.9 Å². The predicted octanol–water partition coefficient (Wildman–Crippen LogP) is 3.67. The third-order valence-electron chi connectivity index (χ3n) is 2.76. The van der Waals surface area contributed by atoms with Gasteiger partial charge in [0.25, 0.3) is 0 Å². The second-order valence-electron chi connectivity index (χ2n) is 4.31. The lowest BCUT2D eigenvalue weighted by atomic mass is 10.2. The fourth-order valence-electron chi connectivity index (χ4n) is 1.80. The second-order valence-corrected chi connectivity index (χ2v) is 5.16. The molecule has 3 nitrogen and oxygen atoms in total. The zero-order chi connectivity index (χ0) is 14.4. The quantitative estimate of drug-likeness (QED) is 0.872. The van der Waals surface area contributed by atoms with Crippen molar-refractivity contribution in [1.82, 2.24) is 10.3 Å². The van der Waals surface area contributed by atoms with E-state index in [1.165, 1.54) is 12.3 Å². The van der Waals surface area contributed by atoms with Crippen LogP contribution in [-0.4, -0.2) is 11.5 Å². The third-order valence-corrected chi connectivity index (χ3v) is 3.38. The maximum atomic E-state index is 13.1. The first-order chi connectivity index (χ1) is 9.70. The maximum absolute atomic E-state index is 13.1. The van der Waals surface area contributed by atoms with Gasteiger partial charge < -0.3 is 10.1 Å². The highest BCUT2D eigenvalue weighted by molar-refractivity contribution is 9.10. The topological polar surface area (TPSA) is 34.1 Å². The van der Waals surface area contributed by atoms with Crippen molar-refractivity contribution in [1.29, 1.82) is 0 Å². The van der Waals surface area contributed by atoms with Crippen LogP contribution in [0.2, 0.25) is 0 Å². The molecule has 0 bridgehead atoms. The van der Waals surface area contributed by atoms with Gasteiger partial charge in [0.15, 0.2) is 0 Å². The summed E-state index contributed by atoms with van der Waals surface area (Å²) in [5.41, 5.74) is 1.76. The minimum absolute atomic E-state index is 0.284. The summed E-state index contributed by atoms with van der Waals surface area (Å²) in [6.45, 7) is 3.95. The normalized spacial score (nSPS) is 10.6. The van der Waals surface area contributed by atoms with Crippen molar-refractivity contribution in [2.45, 2.75) is 20.1 Å². The smallest absolute Gasteiger partial charge is 0.141 e. The number of nitrogens with one attached hydrogen (secondary N) is 1. The number of rotatable bonds is 6. The Labute approximate surface area is 126 Å². The SMILES string of the molecule is CCNCc1cccc(Br)c1OCc1cncc(F)c1. The monoisotopic (exact) mass is 338 g/mol. The Morgan fingerprint density at radius 1 is 1.35 bits per heavy atom. The van der Waals surface area contributed by atoms with Crippen LogP contribution >= 0.6 is 15.9 Å². The van der Waals surface area contributed by atoms with Crippen molar-refractivity contribution in [3.05, 3.63) is 58.1 Å². The predicted molar refractivity (Wildman–Crippen MR) is 80.0 cm³/mol. The van der Waals surface area contributed by atoms with Gasteiger partial charge in [-0.25, -0.2) is 4.39 Å². The van der Waals surface area contributed by atoms with Crippen LogP contribution in [0.25, 0.3) is 0 Å². The molecule has 0 atom stereocenters. The molecule has 1 N–H and O–H groups in total. The maximum Gasteiger partial charge on any atom is 0.141 e. The summed E-state index contributed by atoms with van der Waals surface area (Å²) in [7, 11) is 0. The van der Waals surface area contributed by atoms with Gasteiger partial charge in [-0.3, -0.25) is 4.98 Å². The van der Waals surface area contributed by atoms with E-state index < -0.39 is 0 Å². The fourth-order valence-corrected chi connectivity index (χ4v) is 2.33. The molecule has 0 unspecified atom stereocenters. The number of para-hydroxylation sites is 1. The molecule has 2 rings (SSSR count). The molecule has 20 heavy (non-hydrogen) atoms. The molecule has 0 fully saturated rings. The molecule has 5 heteroatoms. The van der Waals surface area contributed by atoms with Crippen LogP contribution < -0.4 is 10.1 Å². The highest BCUT2D eigenvalue weighted by Crippen LogP contribution is 2.29. The van der Waals surface area contributed by atoms with E-state index in [2.05, 4.69) is 33.2 Å². The summed E-state index contributed by atoms with van der Waals surface area (Å²) in [4.78, 5) is 3.81. The third kappa shape index (κ3) is 4.02. The molecule has 1 heterocycles. The van der Waals surface area contributed by atoms with Crippen LogP contribution in [0.4, 0.5) is 4.39 Å². The lowest BCUT2D eigenvalue weighted by molar-refractivity contribution is 0.299. The lowest BCUT2D eigenvalue weighted by Crippen LogP contribution is -2.13. The molecule has 0 spiro atoms. The van der Waals surface area contributed by atoms with Gasteiger partial charge in [0.2, 0.25) is 0 Å². The number of hydrogen-bond donors (Lipinski definition) is 1. The van der Waals surface area contributed by atoms with Crippen molar-refractivity contribution < 1.29 is 9.13 Å². The van der Waals surface area contributed by atoms with Gasteiger partial charge in [-0.15, -0.1) is 0 Å². The molecule has 0 amide bonds. The van der Waals surface area contributed by atoms with E-state index in [4.69, 9.17) is 4.74 Å². The summed E-state index contributed by atoms with van der Waals surface area (Å²) in [5.74, 6) is 0.420. The highest BCUT2D eigenvalue weighted by atomic mass is 79.9.